The van der Waals surface area contributed by atoms with Crippen molar-refractivity contribution in [1.82, 2.24) is 5.32 Å². The minimum Gasteiger partial charge on any atom is -0.480 e. The van der Waals surface area contributed by atoms with Crippen LogP contribution in [-0.4, -0.2) is 27.0 Å². The molecular weight excluding hydrogens is 258 g/mol. The Hall–Kier alpha value is -2.55. The highest BCUT2D eigenvalue weighted by atomic mass is 16.6. The third-order valence-electron chi connectivity index (χ3n) is 2.45. The van der Waals surface area contributed by atoms with Crippen LogP contribution < -0.4 is 5.32 Å². The fourth-order valence-corrected chi connectivity index (χ4v) is 1.34. The molecule has 0 radical (unpaired) electrons. The molecule has 1 atom stereocenters. The second kappa shape index (κ2) is 5.87. The molecule has 0 aliphatic carbocycles. The number of carboxylic acid groups (broad SMARTS) is 1. The van der Waals surface area contributed by atoms with Crippen molar-refractivity contribution in [3.8, 4) is 0 Å². The SMILES string of the molecule is C[C@@H](NCc1ccc([N+](=O)[O-])cc1[N+](=O)[O-])C(=O)O. The second-order valence-corrected chi connectivity index (χ2v) is 3.77. The first kappa shape index (κ1) is 14.5. The number of nitro groups is 2. The van der Waals surface area contributed by atoms with E-state index in [0.29, 0.717) is 0 Å². The highest BCUT2D eigenvalue weighted by Crippen LogP contribution is 2.24. The lowest BCUT2D eigenvalue weighted by molar-refractivity contribution is -0.394. The van der Waals surface area contributed by atoms with Gasteiger partial charge in [-0.15, -0.1) is 0 Å². The number of hydrogen-bond donors (Lipinski definition) is 2. The molecule has 102 valence electrons. The number of carboxylic acids is 1. The first-order chi connectivity index (χ1) is 8.82. The molecule has 0 fully saturated rings. The smallest absolute Gasteiger partial charge is 0.320 e. The monoisotopic (exact) mass is 269 g/mol. The molecule has 0 heterocycles. The van der Waals surface area contributed by atoms with E-state index in [-0.39, 0.29) is 17.8 Å². The highest BCUT2D eigenvalue weighted by molar-refractivity contribution is 5.72. The average molecular weight is 269 g/mol. The van der Waals surface area contributed by atoms with Crippen LogP contribution in [-0.2, 0) is 11.3 Å². The van der Waals surface area contributed by atoms with Crippen LogP contribution in [0, 0.1) is 20.2 Å². The number of hydrogen-bond acceptors (Lipinski definition) is 6. The van der Waals surface area contributed by atoms with Gasteiger partial charge < -0.3 is 10.4 Å². The van der Waals surface area contributed by atoms with Crippen molar-refractivity contribution in [3.05, 3.63) is 44.0 Å². The number of non-ortho nitro benzene ring substituents is 1. The van der Waals surface area contributed by atoms with Crippen molar-refractivity contribution in [2.24, 2.45) is 0 Å². The summed E-state index contributed by atoms with van der Waals surface area (Å²) < 4.78 is 0. The van der Waals surface area contributed by atoms with Crippen molar-refractivity contribution in [3.63, 3.8) is 0 Å². The molecule has 1 aromatic rings. The van der Waals surface area contributed by atoms with Crippen molar-refractivity contribution in [2.75, 3.05) is 0 Å². The van der Waals surface area contributed by atoms with Gasteiger partial charge in [0.25, 0.3) is 11.4 Å². The summed E-state index contributed by atoms with van der Waals surface area (Å²) in [5.41, 5.74) is -0.621. The van der Waals surface area contributed by atoms with Crippen molar-refractivity contribution < 1.29 is 19.7 Å². The lowest BCUT2D eigenvalue weighted by Gasteiger charge is -2.09. The first-order valence-electron chi connectivity index (χ1n) is 5.21. The van der Waals surface area contributed by atoms with E-state index in [1.54, 1.807) is 0 Å². The Bertz CT molecular complexity index is 530. The summed E-state index contributed by atoms with van der Waals surface area (Å²) in [5.74, 6) is -1.09. The number of carbonyl (C=O) groups is 1. The fourth-order valence-electron chi connectivity index (χ4n) is 1.34. The summed E-state index contributed by atoms with van der Waals surface area (Å²) in [7, 11) is 0. The minimum atomic E-state index is -1.09. The third-order valence-corrected chi connectivity index (χ3v) is 2.45. The molecule has 0 saturated carbocycles. The van der Waals surface area contributed by atoms with Crippen LogP contribution in [0.25, 0.3) is 0 Å². The Morgan fingerprint density at radius 2 is 2.00 bits per heavy atom. The van der Waals surface area contributed by atoms with Gasteiger partial charge in [0.15, 0.2) is 0 Å². The number of nitrogens with one attached hydrogen (secondary N) is 1. The van der Waals surface area contributed by atoms with Gasteiger partial charge in [-0.25, -0.2) is 0 Å². The summed E-state index contributed by atoms with van der Waals surface area (Å²) in [4.78, 5) is 30.5. The largest absolute Gasteiger partial charge is 0.480 e. The van der Waals surface area contributed by atoms with E-state index in [1.165, 1.54) is 13.0 Å². The average Bonchev–Trinajstić information content (AvgIpc) is 2.35. The topological polar surface area (TPSA) is 136 Å². The molecular formula is C10H11N3O6. The second-order valence-electron chi connectivity index (χ2n) is 3.77. The predicted molar refractivity (Wildman–Crippen MR) is 63.7 cm³/mol. The molecule has 0 spiro atoms. The van der Waals surface area contributed by atoms with E-state index >= 15 is 0 Å². The molecule has 0 aliphatic heterocycles. The number of nitrogens with zero attached hydrogens (tertiary/aromatic N) is 2. The van der Waals surface area contributed by atoms with Gasteiger partial charge in [-0.3, -0.25) is 25.0 Å². The van der Waals surface area contributed by atoms with E-state index < -0.39 is 27.5 Å². The highest BCUT2D eigenvalue weighted by Gasteiger charge is 2.20. The van der Waals surface area contributed by atoms with Gasteiger partial charge >= 0.3 is 5.97 Å². The standard InChI is InChI=1S/C10H11N3O6/c1-6(10(14)15)11-5-7-2-3-8(12(16)17)4-9(7)13(18)19/h2-4,6,11H,5H2,1H3,(H,14,15)/t6-/m1/s1. The van der Waals surface area contributed by atoms with Crippen LogP contribution in [0.3, 0.4) is 0 Å². The maximum atomic E-state index is 10.8. The summed E-state index contributed by atoms with van der Waals surface area (Å²) in [5, 5.41) is 32.6. The predicted octanol–water partition coefficient (Wildman–Crippen LogP) is 1.07. The molecule has 0 unspecified atom stereocenters. The van der Waals surface area contributed by atoms with Gasteiger partial charge in [0.05, 0.1) is 15.9 Å². The molecule has 0 aromatic heterocycles. The summed E-state index contributed by atoms with van der Waals surface area (Å²) in [6.45, 7) is 1.32. The quantitative estimate of drug-likeness (QED) is 0.582. The Morgan fingerprint density at radius 3 is 2.47 bits per heavy atom. The van der Waals surface area contributed by atoms with Crippen LogP contribution >= 0.6 is 0 Å². The van der Waals surface area contributed by atoms with E-state index in [9.17, 15) is 25.0 Å². The van der Waals surface area contributed by atoms with Gasteiger partial charge in [-0.2, -0.15) is 0 Å². The molecule has 1 rings (SSSR count). The van der Waals surface area contributed by atoms with E-state index in [0.717, 1.165) is 12.1 Å². The van der Waals surface area contributed by atoms with Crippen LogP contribution in [0.15, 0.2) is 18.2 Å². The summed E-state index contributed by atoms with van der Waals surface area (Å²) in [6.07, 6.45) is 0. The molecule has 0 saturated heterocycles. The lowest BCUT2D eigenvalue weighted by atomic mass is 10.1. The number of nitro benzene ring substituents is 2. The molecule has 0 amide bonds. The van der Waals surface area contributed by atoms with Gasteiger partial charge in [0, 0.05) is 18.2 Å². The van der Waals surface area contributed by atoms with Gasteiger partial charge in [0.1, 0.15) is 6.04 Å². The van der Waals surface area contributed by atoms with Gasteiger partial charge in [-0.05, 0) is 13.0 Å². The normalized spacial score (nSPS) is 11.8. The maximum absolute atomic E-state index is 10.8. The Labute approximate surface area is 107 Å². The van der Waals surface area contributed by atoms with Crippen molar-refractivity contribution >= 4 is 17.3 Å². The van der Waals surface area contributed by atoms with Crippen molar-refractivity contribution in [2.45, 2.75) is 19.5 Å². The van der Waals surface area contributed by atoms with Crippen LogP contribution in [0.5, 0.6) is 0 Å². The maximum Gasteiger partial charge on any atom is 0.320 e. The molecule has 0 aliphatic rings. The summed E-state index contributed by atoms with van der Waals surface area (Å²) >= 11 is 0. The number of rotatable bonds is 6. The minimum absolute atomic E-state index is 0.0677. The zero-order valence-electron chi connectivity index (χ0n) is 9.90. The summed E-state index contributed by atoms with van der Waals surface area (Å²) in [6, 6.07) is 2.34. The van der Waals surface area contributed by atoms with Crippen molar-refractivity contribution in [1.29, 1.82) is 0 Å². The number of aliphatic carboxylic acids is 1. The van der Waals surface area contributed by atoms with E-state index in [2.05, 4.69) is 5.32 Å². The lowest BCUT2D eigenvalue weighted by Crippen LogP contribution is -2.33. The van der Waals surface area contributed by atoms with Crippen LogP contribution in [0.4, 0.5) is 11.4 Å². The first-order valence-corrected chi connectivity index (χ1v) is 5.21. The fraction of sp³-hybridized carbons (Fsp3) is 0.300. The van der Waals surface area contributed by atoms with Crippen LogP contribution in [0.1, 0.15) is 12.5 Å². The zero-order chi connectivity index (χ0) is 14.6. The van der Waals surface area contributed by atoms with Crippen LogP contribution in [0.2, 0.25) is 0 Å². The van der Waals surface area contributed by atoms with E-state index in [1.807, 2.05) is 0 Å². The van der Waals surface area contributed by atoms with E-state index in [4.69, 9.17) is 5.11 Å². The molecule has 0 bridgehead atoms. The molecule has 9 heteroatoms. The zero-order valence-corrected chi connectivity index (χ0v) is 9.90. The molecule has 9 nitrogen and oxygen atoms in total. The van der Waals surface area contributed by atoms with Gasteiger partial charge in [0.2, 0.25) is 0 Å². The Kier molecular flexibility index (Phi) is 4.48. The number of benzene rings is 1. The molecule has 2 N–H and O–H groups in total. The Balaban J connectivity index is 2.97. The Morgan fingerprint density at radius 1 is 1.37 bits per heavy atom. The third kappa shape index (κ3) is 3.71. The molecule has 1 aromatic carbocycles. The van der Waals surface area contributed by atoms with Gasteiger partial charge in [-0.1, -0.05) is 0 Å². The molecule has 19 heavy (non-hydrogen) atoms.